The van der Waals surface area contributed by atoms with E-state index in [2.05, 4.69) is 15.5 Å². The summed E-state index contributed by atoms with van der Waals surface area (Å²) in [6.07, 6.45) is 2.47. The van der Waals surface area contributed by atoms with Gasteiger partial charge in [0.05, 0.1) is 23.1 Å². The fourth-order valence-corrected chi connectivity index (χ4v) is 2.20. The predicted molar refractivity (Wildman–Crippen MR) is 79.1 cm³/mol. The molecule has 102 valence electrons. The van der Waals surface area contributed by atoms with Crippen molar-refractivity contribution in [2.24, 2.45) is 0 Å². The minimum atomic E-state index is -0.208. The monoisotopic (exact) mass is 270 g/mol. The van der Waals surface area contributed by atoms with Crippen LogP contribution in [-0.4, -0.2) is 16.7 Å². The summed E-state index contributed by atoms with van der Waals surface area (Å²) < 4.78 is 13.1. The number of halogens is 1. The lowest BCUT2D eigenvalue weighted by Crippen LogP contribution is -2.07. The van der Waals surface area contributed by atoms with Crippen LogP contribution in [0, 0.1) is 5.82 Å². The molecule has 0 aliphatic rings. The Bertz CT molecular complexity index is 736. The first kappa shape index (κ1) is 12.5. The van der Waals surface area contributed by atoms with Crippen molar-refractivity contribution >= 4 is 22.3 Å². The molecule has 5 heteroatoms. The van der Waals surface area contributed by atoms with E-state index < -0.39 is 0 Å². The van der Waals surface area contributed by atoms with E-state index in [4.69, 9.17) is 5.73 Å². The van der Waals surface area contributed by atoms with Gasteiger partial charge in [0, 0.05) is 11.9 Å². The molecule has 3 aromatic rings. The summed E-state index contributed by atoms with van der Waals surface area (Å²) in [5.41, 5.74) is 9.42. The van der Waals surface area contributed by atoms with E-state index in [0.29, 0.717) is 12.2 Å². The van der Waals surface area contributed by atoms with E-state index in [1.54, 1.807) is 18.3 Å². The summed E-state index contributed by atoms with van der Waals surface area (Å²) in [6, 6.07) is 10.4. The van der Waals surface area contributed by atoms with Crippen molar-refractivity contribution in [2.45, 2.75) is 6.42 Å². The fraction of sp³-hybridized carbons (Fsp3) is 0.133. The standard InChI is InChI=1S/C15H15FN4/c16-12-3-1-2-10(6-12)4-5-18-15-8-14-11(7-13(15)17)9-19-20-14/h1-3,6-9,18H,4-5,17H2,(H,19,20). The van der Waals surface area contributed by atoms with Gasteiger partial charge >= 0.3 is 0 Å². The SMILES string of the molecule is Nc1cc2cn[nH]c2cc1NCCc1cccc(F)c1. The highest BCUT2D eigenvalue weighted by Gasteiger charge is 2.03. The highest BCUT2D eigenvalue weighted by molar-refractivity contribution is 5.88. The van der Waals surface area contributed by atoms with Gasteiger partial charge in [-0.05, 0) is 36.2 Å². The van der Waals surface area contributed by atoms with Gasteiger partial charge in [-0.1, -0.05) is 12.1 Å². The maximum atomic E-state index is 13.1. The highest BCUT2D eigenvalue weighted by Crippen LogP contribution is 2.24. The topological polar surface area (TPSA) is 66.7 Å². The molecule has 0 amide bonds. The molecule has 0 spiro atoms. The van der Waals surface area contributed by atoms with Gasteiger partial charge in [0.2, 0.25) is 0 Å². The second-order valence-corrected chi connectivity index (χ2v) is 4.70. The number of aromatic nitrogens is 2. The predicted octanol–water partition coefficient (Wildman–Crippen LogP) is 2.94. The van der Waals surface area contributed by atoms with Crippen molar-refractivity contribution in [1.82, 2.24) is 10.2 Å². The molecule has 1 aromatic heterocycles. The van der Waals surface area contributed by atoms with Crippen LogP contribution in [-0.2, 0) is 6.42 Å². The molecule has 0 saturated carbocycles. The van der Waals surface area contributed by atoms with Gasteiger partial charge < -0.3 is 11.1 Å². The number of anilines is 2. The number of hydrogen-bond acceptors (Lipinski definition) is 3. The van der Waals surface area contributed by atoms with Crippen LogP contribution in [0.2, 0.25) is 0 Å². The van der Waals surface area contributed by atoms with Crippen LogP contribution in [0.5, 0.6) is 0 Å². The number of fused-ring (bicyclic) bond motifs is 1. The molecular formula is C15H15FN4. The van der Waals surface area contributed by atoms with Crippen molar-refractivity contribution < 1.29 is 4.39 Å². The molecule has 1 heterocycles. The number of aromatic amines is 1. The molecule has 0 aliphatic heterocycles. The first-order valence-electron chi connectivity index (χ1n) is 6.43. The largest absolute Gasteiger partial charge is 0.397 e. The summed E-state index contributed by atoms with van der Waals surface area (Å²) >= 11 is 0. The van der Waals surface area contributed by atoms with Gasteiger partial charge in [0.15, 0.2) is 0 Å². The smallest absolute Gasteiger partial charge is 0.123 e. The van der Waals surface area contributed by atoms with Gasteiger partial charge in [0.25, 0.3) is 0 Å². The molecule has 4 nitrogen and oxygen atoms in total. The Balaban J connectivity index is 1.69. The summed E-state index contributed by atoms with van der Waals surface area (Å²) in [5.74, 6) is -0.208. The Morgan fingerprint density at radius 3 is 3.00 bits per heavy atom. The van der Waals surface area contributed by atoms with E-state index in [0.717, 1.165) is 28.6 Å². The Morgan fingerprint density at radius 2 is 2.15 bits per heavy atom. The van der Waals surface area contributed by atoms with E-state index >= 15 is 0 Å². The number of benzene rings is 2. The Labute approximate surface area is 115 Å². The van der Waals surface area contributed by atoms with Crippen molar-refractivity contribution in [3.63, 3.8) is 0 Å². The van der Waals surface area contributed by atoms with Crippen molar-refractivity contribution in [2.75, 3.05) is 17.6 Å². The maximum absolute atomic E-state index is 13.1. The number of nitrogens with two attached hydrogens (primary N) is 1. The first-order valence-corrected chi connectivity index (χ1v) is 6.43. The zero-order valence-electron chi connectivity index (χ0n) is 10.9. The number of rotatable bonds is 4. The minimum Gasteiger partial charge on any atom is -0.397 e. The molecule has 0 unspecified atom stereocenters. The molecular weight excluding hydrogens is 255 g/mol. The van der Waals surface area contributed by atoms with Gasteiger partial charge in [-0.25, -0.2) is 4.39 Å². The van der Waals surface area contributed by atoms with E-state index in [1.165, 1.54) is 6.07 Å². The third kappa shape index (κ3) is 2.56. The Hall–Kier alpha value is -2.56. The molecule has 2 aromatic carbocycles. The quantitative estimate of drug-likeness (QED) is 0.638. The van der Waals surface area contributed by atoms with E-state index in [1.807, 2.05) is 18.2 Å². The van der Waals surface area contributed by atoms with Crippen LogP contribution in [0.3, 0.4) is 0 Å². The second-order valence-electron chi connectivity index (χ2n) is 4.70. The van der Waals surface area contributed by atoms with E-state index in [-0.39, 0.29) is 5.82 Å². The third-order valence-electron chi connectivity index (χ3n) is 3.23. The molecule has 0 fully saturated rings. The molecule has 0 aliphatic carbocycles. The minimum absolute atomic E-state index is 0.208. The molecule has 3 rings (SSSR count). The van der Waals surface area contributed by atoms with Crippen LogP contribution in [0.15, 0.2) is 42.6 Å². The summed E-state index contributed by atoms with van der Waals surface area (Å²) in [5, 5.41) is 11.1. The molecule has 4 N–H and O–H groups in total. The van der Waals surface area contributed by atoms with Crippen LogP contribution < -0.4 is 11.1 Å². The number of hydrogen-bond donors (Lipinski definition) is 3. The average Bonchev–Trinajstić information content (AvgIpc) is 2.86. The zero-order chi connectivity index (χ0) is 13.9. The Kier molecular flexibility index (Phi) is 3.25. The van der Waals surface area contributed by atoms with Gasteiger partial charge in [-0.3, -0.25) is 5.10 Å². The van der Waals surface area contributed by atoms with Crippen molar-refractivity contribution in [3.05, 3.63) is 54.0 Å². The van der Waals surface area contributed by atoms with Gasteiger partial charge in [0.1, 0.15) is 5.82 Å². The molecule has 0 bridgehead atoms. The highest BCUT2D eigenvalue weighted by atomic mass is 19.1. The summed E-state index contributed by atoms with van der Waals surface area (Å²) in [7, 11) is 0. The zero-order valence-corrected chi connectivity index (χ0v) is 10.9. The number of nitrogens with zero attached hydrogens (tertiary/aromatic N) is 1. The first-order chi connectivity index (χ1) is 9.72. The van der Waals surface area contributed by atoms with Crippen LogP contribution >= 0.6 is 0 Å². The Morgan fingerprint density at radius 1 is 1.25 bits per heavy atom. The summed E-state index contributed by atoms with van der Waals surface area (Å²) in [4.78, 5) is 0. The molecule has 20 heavy (non-hydrogen) atoms. The van der Waals surface area contributed by atoms with Crippen molar-refractivity contribution in [1.29, 1.82) is 0 Å². The second kappa shape index (κ2) is 5.21. The normalized spacial score (nSPS) is 10.8. The van der Waals surface area contributed by atoms with Crippen LogP contribution in [0.25, 0.3) is 10.9 Å². The molecule has 0 radical (unpaired) electrons. The third-order valence-corrected chi connectivity index (χ3v) is 3.23. The van der Waals surface area contributed by atoms with Crippen LogP contribution in [0.1, 0.15) is 5.56 Å². The fourth-order valence-electron chi connectivity index (χ4n) is 2.20. The van der Waals surface area contributed by atoms with E-state index in [9.17, 15) is 4.39 Å². The van der Waals surface area contributed by atoms with Crippen LogP contribution in [0.4, 0.5) is 15.8 Å². The number of nitrogens with one attached hydrogen (secondary N) is 2. The van der Waals surface area contributed by atoms with Crippen molar-refractivity contribution in [3.8, 4) is 0 Å². The van der Waals surface area contributed by atoms with Gasteiger partial charge in [-0.2, -0.15) is 5.10 Å². The molecule has 0 atom stereocenters. The lowest BCUT2D eigenvalue weighted by Gasteiger charge is -2.09. The molecule has 0 saturated heterocycles. The maximum Gasteiger partial charge on any atom is 0.123 e. The van der Waals surface area contributed by atoms with Gasteiger partial charge in [-0.15, -0.1) is 0 Å². The number of nitrogen functional groups attached to an aromatic ring is 1. The number of H-pyrrole nitrogens is 1. The lowest BCUT2D eigenvalue weighted by atomic mass is 10.1. The lowest BCUT2D eigenvalue weighted by molar-refractivity contribution is 0.625. The summed E-state index contributed by atoms with van der Waals surface area (Å²) in [6.45, 7) is 0.688. The average molecular weight is 270 g/mol.